The predicted octanol–water partition coefficient (Wildman–Crippen LogP) is 0.296. The lowest BCUT2D eigenvalue weighted by Gasteiger charge is -2.01. The van der Waals surface area contributed by atoms with Crippen LogP contribution in [0.25, 0.3) is 0 Å². The number of carbonyl (C=O) groups is 1. The highest BCUT2D eigenvalue weighted by atomic mass is 32.2. The zero-order valence-electron chi connectivity index (χ0n) is 8.27. The van der Waals surface area contributed by atoms with Crippen molar-refractivity contribution in [2.24, 2.45) is 0 Å². The Kier molecular flexibility index (Phi) is 4.17. The minimum absolute atomic E-state index is 0.264. The molecule has 0 aromatic carbocycles. The number of rotatable bonds is 4. The Morgan fingerprint density at radius 1 is 1.47 bits per heavy atom. The number of esters is 1. The van der Waals surface area contributed by atoms with Crippen molar-refractivity contribution in [2.75, 3.05) is 24.3 Å². The Balaban J connectivity index is 2.47. The van der Waals surface area contributed by atoms with Crippen molar-refractivity contribution in [3.63, 3.8) is 0 Å². The molecule has 4 N–H and O–H groups in total. The molecule has 0 radical (unpaired) electrons. The number of nitrogen functional groups attached to an aromatic ring is 2. The Hall–Kier alpha value is -1.50. The van der Waals surface area contributed by atoms with E-state index in [9.17, 15) is 4.79 Å². The molecule has 1 aromatic rings. The maximum Gasteiger partial charge on any atom is 0.306 e. The highest BCUT2D eigenvalue weighted by Gasteiger charge is 2.04. The van der Waals surface area contributed by atoms with Gasteiger partial charge >= 0.3 is 5.97 Å². The maximum atomic E-state index is 10.8. The van der Waals surface area contributed by atoms with Gasteiger partial charge in [0.05, 0.1) is 13.5 Å². The first kappa shape index (κ1) is 11.6. The van der Waals surface area contributed by atoms with Crippen LogP contribution >= 0.6 is 11.8 Å². The summed E-state index contributed by atoms with van der Waals surface area (Å²) in [5.41, 5.74) is 11.0. The molecule has 0 aliphatic carbocycles. The summed E-state index contributed by atoms with van der Waals surface area (Å²) in [6, 6.07) is 1.48. The summed E-state index contributed by atoms with van der Waals surface area (Å²) in [7, 11) is 1.35. The third kappa shape index (κ3) is 4.03. The lowest BCUT2D eigenvalue weighted by atomic mass is 10.5. The number of thioether (sulfide) groups is 1. The summed E-state index contributed by atoms with van der Waals surface area (Å²) in [6.07, 6.45) is 0.305. The van der Waals surface area contributed by atoms with E-state index in [4.69, 9.17) is 11.5 Å². The third-order valence-electron chi connectivity index (χ3n) is 1.51. The van der Waals surface area contributed by atoms with E-state index >= 15 is 0 Å². The zero-order chi connectivity index (χ0) is 11.3. The first-order chi connectivity index (χ1) is 7.11. The Bertz CT molecular complexity index is 338. The van der Waals surface area contributed by atoms with E-state index < -0.39 is 0 Å². The monoisotopic (exact) mass is 228 g/mol. The van der Waals surface area contributed by atoms with Gasteiger partial charge < -0.3 is 16.2 Å². The average Bonchev–Trinajstić information content (AvgIpc) is 2.16. The number of hydrogen-bond acceptors (Lipinski definition) is 7. The third-order valence-corrected chi connectivity index (χ3v) is 2.36. The molecule has 0 aliphatic rings. The number of hydrogen-bond donors (Lipinski definition) is 2. The molecule has 0 spiro atoms. The van der Waals surface area contributed by atoms with Gasteiger partial charge in [0.15, 0.2) is 5.16 Å². The molecular formula is C8H12N4O2S. The van der Waals surface area contributed by atoms with Crippen molar-refractivity contribution >= 4 is 29.4 Å². The maximum absolute atomic E-state index is 10.8. The summed E-state index contributed by atoms with van der Waals surface area (Å²) >= 11 is 1.31. The summed E-state index contributed by atoms with van der Waals surface area (Å²) in [6.45, 7) is 0. The van der Waals surface area contributed by atoms with E-state index in [0.717, 1.165) is 0 Å². The van der Waals surface area contributed by atoms with Gasteiger partial charge in [-0.3, -0.25) is 4.79 Å². The molecule has 0 bridgehead atoms. The summed E-state index contributed by atoms with van der Waals surface area (Å²) in [5.74, 6) is 0.917. The molecule has 0 atom stereocenters. The zero-order valence-corrected chi connectivity index (χ0v) is 9.08. The normalized spacial score (nSPS) is 9.93. The van der Waals surface area contributed by atoms with Crippen molar-refractivity contribution < 1.29 is 9.53 Å². The summed E-state index contributed by atoms with van der Waals surface area (Å²) < 4.78 is 4.49. The topological polar surface area (TPSA) is 104 Å². The van der Waals surface area contributed by atoms with E-state index in [-0.39, 0.29) is 5.97 Å². The van der Waals surface area contributed by atoms with Crippen LogP contribution in [0.1, 0.15) is 6.42 Å². The number of anilines is 2. The summed E-state index contributed by atoms with van der Waals surface area (Å²) in [5, 5.41) is 0.469. The first-order valence-corrected chi connectivity index (χ1v) is 5.20. The van der Waals surface area contributed by atoms with Crippen LogP contribution in [0.15, 0.2) is 11.2 Å². The minimum Gasteiger partial charge on any atom is -0.469 e. The second-order valence-electron chi connectivity index (χ2n) is 2.67. The highest BCUT2D eigenvalue weighted by Crippen LogP contribution is 2.16. The van der Waals surface area contributed by atoms with Gasteiger partial charge in [-0.25, -0.2) is 9.97 Å². The number of nitrogens with zero attached hydrogens (tertiary/aromatic N) is 2. The van der Waals surface area contributed by atoms with Gasteiger partial charge in [-0.1, -0.05) is 11.8 Å². The van der Waals surface area contributed by atoms with Crippen molar-refractivity contribution in [2.45, 2.75) is 11.6 Å². The Morgan fingerprint density at radius 3 is 2.60 bits per heavy atom. The van der Waals surface area contributed by atoms with Crippen LogP contribution in [0.5, 0.6) is 0 Å². The lowest BCUT2D eigenvalue weighted by molar-refractivity contribution is -0.140. The molecule has 1 heterocycles. The molecule has 0 aliphatic heterocycles. The van der Waals surface area contributed by atoms with Crippen LogP contribution in [0.3, 0.4) is 0 Å². The molecule has 6 nitrogen and oxygen atoms in total. The molecule has 82 valence electrons. The number of ether oxygens (including phenoxy) is 1. The molecule has 15 heavy (non-hydrogen) atoms. The van der Waals surface area contributed by atoms with E-state index in [1.54, 1.807) is 0 Å². The fraction of sp³-hybridized carbons (Fsp3) is 0.375. The number of nitrogens with two attached hydrogens (primary N) is 2. The number of methoxy groups -OCH3 is 1. The van der Waals surface area contributed by atoms with Crippen LogP contribution in [0.2, 0.25) is 0 Å². The quantitative estimate of drug-likeness (QED) is 0.433. The molecule has 0 saturated heterocycles. The van der Waals surface area contributed by atoms with E-state index in [0.29, 0.717) is 29.0 Å². The van der Waals surface area contributed by atoms with Gasteiger partial charge in [0.2, 0.25) is 0 Å². The lowest BCUT2D eigenvalue weighted by Crippen LogP contribution is -2.03. The van der Waals surface area contributed by atoms with Crippen LogP contribution in [-0.4, -0.2) is 28.8 Å². The summed E-state index contributed by atoms with van der Waals surface area (Å²) in [4.78, 5) is 18.7. The fourth-order valence-corrected chi connectivity index (χ4v) is 1.65. The van der Waals surface area contributed by atoms with Gasteiger partial charge in [0.25, 0.3) is 0 Å². The van der Waals surface area contributed by atoms with Crippen molar-refractivity contribution in [1.82, 2.24) is 9.97 Å². The molecule has 0 unspecified atom stereocenters. The van der Waals surface area contributed by atoms with Gasteiger partial charge in [-0.2, -0.15) is 0 Å². The van der Waals surface area contributed by atoms with E-state index in [1.165, 1.54) is 24.9 Å². The minimum atomic E-state index is -0.264. The van der Waals surface area contributed by atoms with Crippen molar-refractivity contribution in [1.29, 1.82) is 0 Å². The number of aromatic nitrogens is 2. The predicted molar refractivity (Wildman–Crippen MR) is 58.2 cm³/mol. The molecule has 1 aromatic heterocycles. The van der Waals surface area contributed by atoms with Crippen LogP contribution in [-0.2, 0) is 9.53 Å². The largest absolute Gasteiger partial charge is 0.469 e. The molecule has 0 fully saturated rings. The van der Waals surface area contributed by atoms with E-state index in [1.807, 2.05) is 0 Å². The van der Waals surface area contributed by atoms with Crippen LogP contribution in [0.4, 0.5) is 11.6 Å². The molecule has 0 amide bonds. The standard InChI is InChI=1S/C8H12N4O2S/c1-14-7(13)2-3-15-8-11-5(9)4-6(10)12-8/h4H,2-3H2,1H3,(H4,9,10,11,12). The van der Waals surface area contributed by atoms with Crippen LogP contribution in [0, 0.1) is 0 Å². The fourth-order valence-electron chi connectivity index (χ4n) is 0.854. The van der Waals surface area contributed by atoms with Crippen molar-refractivity contribution in [3.8, 4) is 0 Å². The van der Waals surface area contributed by atoms with Crippen molar-refractivity contribution in [3.05, 3.63) is 6.07 Å². The molecular weight excluding hydrogens is 216 g/mol. The Labute approximate surface area is 91.4 Å². The SMILES string of the molecule is COC(=O)CCSc1nc(N)cc(N)n1. The molecule has 7 heteroatoms. The number of carbonyl (C=O) groups excluding carboxylic acids is 1. The first-order valence-electron chi connectivity index (χ1n) is 4.21. The molecule has 0 saturated carbocycles. The van der Waals surface area contributed by atoms with E-state index in [2.05, 4.69) is 14.7 Å². The van der Waals surface area contributed by atoms with Gasteiger partial charge in [0.1, 0.15) is 11.6 Å². The van der Waals surface area contributed by atoms with Crippen LogP contribution < -0.4 is 11.5 Å². The average molecular weight is 228 g/mol. The molecule has 1 rings (SSSR count). The second kappa shape index (κ2) is 5.40. The highest BCUT2D eigenvalue weighted by molar-refractivity contribution is 7.99. The van der Waals surface area contributed by atoms with Gasteiger partial charge in [-0.05, 0) is 0 Å². The Morgan fingerprint density at radius 2 is 2.07 bits per heavy atom. The second-order valence-corrected chi connectivity index (χ2v) is 3.74. The van der Waals surface area contributed by atoms with Gasteiger partial charge in [-0.15, -0.1) is 0 Å². The van der Waals surface area contributed by atoms with Gasteiger partial charge in [0, 0.05) is 11.8 Å². The smallest absolute Gasteiger partial charge is 0.306 e.